The first-order chi connectivity index (χ1) is 8.11. The summed E-state index contributed by atoms with van der Waals surface area (Å²) in [7, 11) is 2.17. The lowest BCUT2D eigenvalue weighted by atomic mass is 10.1. The highest BCUT2D eigenvalue weighted by molar-refractivity contribution is 7.09. The average molecular weight is 255 g/mol. The summed E-state index contributed by atoms with van der Waals surface area (Å²) < 4.78 is 0. The fourth-order valence-electron chi connectivity index (χ4n) is 1.94. The smallest absolute Gasteiger partial charge is 0.0897 e. The SMILES string of the molecule is CCCNCC(C)CN(C)Cc1csc(C)n1. The van der Waals surface area contributed by atoms with Crippen molar-refractivity contribution in [3.05, 3.63) is 16.1 Å². The first-order valence-electron chi connectivity index (χ1n) is 6.42. The number of hydrogen-bond donors (Lipinski definition) is 1. The molecule has 0 saturated carbocycles. The van der Waals surface area contributed by atoms with Crippen LogP contribution in [0.5, 0.6) is 0 Å². The van der Waals surface area contributed by atoms with E-state index < -0.39 is 0 Å². The average Bonchev–Trinajstić information content (AvgIpc) is 2.64. The van der Waals surface area contributed by atoms with Crippen LogP contribution in [0, 0.1) is 12.8 Å². The van der Waals surface area contributed by atoms with E-state index in [-0.39, 0.29) is 0 Å². The molecule has 1 unspecified atom stereocenters. The second-order valence-electron chi connectivity index (χ2n) is 4.86. The first-order valence-corrected chi connectivity index (χ1v) is 7.30. The lowest BCUT2D eigenvalue weighted by Gasteiger charge is -2.20. The molecule has 0 aliphatic heterocycles. The zero-order valence-corrected chi connectivity index (χ0v) is 12.3. The van der Waals surface area contributed by atoms with Crippen LogP contribution in [0.15, 0.2) is 5.38 Å². The van der Waals surface area contributed by atoms with Crippen molar-refractivity contribution in [3.8, 4) is 0 Å². The zero-order valence-electron chi connectivity index (χ0n) is 11.5. The van der Waals surface area contributed by atoms with Crippen LogP contribution in [0.3, 0.4) is 0 Å². The quantitative estimate of drug-likeness (QED) is 0.724. The van der Waals surface area contributed by atoms with Gasteiger partial charge in [-0.15, -0.1) is 11.3 Å². The highest BCUT2D eigenvalue weighted by atomic mass is 32.1. The molecule has 1 aromatic heterocycles. The molecule has 1 heterocycles. The summed E-state index contributed by atoms with van der Waals surface area (Å²) in [6, 6.07) is 0. The van der Waals surface area contributed by atoms with Gasteiger partial charge in [-0.1, -0.05) is 13.8 Å². The molecule has 1 rings (SSSR count). The Morgan fingerprint density at radius 1 is 1.53 bits per heavy atom. The molecule has 98 valence electrons. The Hall–Kier alpha value is -0.450. The molecule has 1 N–H and O–H groups in total. The zero-order chi connectivity index (χ0) is 12.7. The lowest BCUT2D eigenvalue weighted by molar-refractivity contribution is 0.272. The number of nitrogens with zero attached hydrogens (tertiary/aromatic N) is 2. The van der Waals surface area contributed by atoms with E-state index in [0.29, 0.717) is 5.92 Å². The van der Waals surface area contributed by atoms with E-state index >= 15 is 0 Å². The van der Waals surface area contributed by atoms with Gasteiger partial charge in [0.15, 0.2) is 0 Å². The van der Waals surface area contributed by atoms with E-state index in [4.69, 9.17) is 0 Å². The maximum Gasteiger partial charge on any atom is 0.0897 e. The molecule has 0 amide bonds. The van der Waals surface area contributed by atoms with E-state index in [0.717, 1.165) is 31.2 Å². The predicted molar refractivity (Wildman–Crippen MR) is 75.5 cm³/mol. The molecule has 4 heteroatoms. The molecule has 0 radical (unpaired) electrons. The summed E-state index contributed by atoms with van der Waals surface area (Å²) in [5, 5.41) is 6.78. The van der Waals surface area contributed by atoms with E-state index in [1.807, 2.05) is 0 Å². The van der Waals surface area contributed by atoms with Crippen molar-refractivity contribution in [1.29, 1.82) is 0 Å². The highest BCUT2D eigenvalue weighted by Crippen LogP contribution is 2.10. The number of thiazole rings is 1. The minimum absolute atomic E-state index is 0.686. The van der Waals surface area contributed by atoms with Crippen molar-refractivity contribution in [2.75, 3.05) is 26.7 Å². The summed E-state index contributed by atoms with van der Waals surface area (Å²) in [5.74, 6) is 0.686. The fourth-order valence-corrected chi connectivity index (χ4v) is 2.55. The molecule has 0 bridgehead atoms. The Kier molecular flexibility index (Phi) is 6.70. The first kappa shape index (κ1) is 14.6. The van der Waals surface area contributed by atoms with Crippen molar-refractivity contribution in [2.45, 2.75) is 33.7 Å². The molecular weight excluding hydrogens is 230 g/mol. The van der Waals surface area contributed by atoms with E-state index in [1.165, 1.54) is 12.1 Å². The molecule has 0 fully saturated rings. The molecule has 17 heavy (non-hydrogen) atoms. The van der Waals surface area contributed by atoms with Gasteiger partial charge in [0.25, 0.3) is 0 Å². The van der Waals surface area contributed by atoms with Gasteiger partial charge in [0, 0.05) is 18.5 Å². The predicted octanol–water partition coefficient (Wildman–Crippen LogP) is 2.52. The van der Waals surface area contributed by atoms with Crippen LogP contribution in [-0.4, -0.2) is 36.6 Å². The molecule has 0 aliphatic rings. The third-order valence-corrected chi connectivity index (χ3v) is 3.46. The van der Waals surface area contributed by atoms with Gasteiger partial charge in [-0.2, -0.15) is 0 Å². The lowest BCUT2D eigenvalue weighted by Crippen LogP contribution is -2.31. The van der Waals surface area contributed by atoms with Crippen molar-refractivity contribution in [2.24, 2.45) is 5.92 Å². The standard InChI is InChI=1S/C13H25N3S/c1-5-6-14-7-11(2)8-16(4)9-13-10-17-12(3)15-13/h10-11,14H,5-9H2,1-4H3. The summed E-state index contributed by atoms with van der Waals surface area (Å²) in [6.07, 6.45) is 1.21. The van der Waals surface area contributed by atoms with Crippen LogP contribution in [0.25, 0.3) is 0 Å². The third kappa shape index (κ3) is 6.15. The van der Waals surface area contributed by atoms with Gasteiger partial charge in [-0.3, -0.25) is 0 Å². The second kappa shape index (κ2) is 7.80. The topological polar surface area (TPSA) is 28.2 Å². The minimum atomic E-state index is 0.686. The van der Waals surface area contributed by atoms with Crippen molar-refractivity contribution in [3.63, 3.8) is 0 Å². The Morgan fingerprint density at radius 3 is 2.88 bits per heavy atom. The van der Waals surface area contributed by atoms with Crippen LogP contribution in [0.2, 0.25) is 0 Å². The number of rotatable bonds is 8. The van der Waals surface area contributed by atoms with Crippen LogP contribution in [0.1, 0.15) is 31.0 Å². The van der Waals surface area contributed by atoms with Crippen LogP contribution < -0.4 is 5.32 Å². The number of hydrogen-bond acceptors (Lipinski definition) is 4. The van der Waals surface area contributed by atoms with Crippen LogP contribution in [-0.2, 0) is 6.54 Å². The molecule has 3 nitrogen and oxygen atoms in total. The second-order valence-corrected chi connectivity index (χ2v) is 5.93. The van der Waals surface area contributed by atoms with Gasteiger partial charge < -0.3 is 10.2 Å². The van der Waals surface area contributed by atoms with Crippen LogP contribution in [0.4, 0.5) is 0 Å². The van der Waals surface area contributed by atoms with Gasteiger partial charge in [-0.05, 0) is 39.4 Å². The highest BCUT2D eigenvalue weighted by Gasteiger charge is 2.08. The molecule has 0 spiro atoms. The summed E-state index contributed by atoms with van der Waals surface area (Å²) in [5.41, 5.74) is 1.20. The number of aryl methyl sites for hydroxylation is 1. The fraction of sp³-hybridized carbons (Fsp3) is 0.769. The van der Waals surface area contributed by atoms with Crippen molar-refractivity contribution < 1.29 is 0 Å². The maximum atomic E-state index is 4.49. The number of aromatic nitrogens is 1. The third-order valence-electron chi connectivity index (χ3n) is 2.64. The molecule has 0 saturated heterocycles. The van der Waals surface area contributed by atoms with E-state index in [2.05, 4.69) is 48.4 Å². The Bertz CT molecular complexity index is 311. The summed E-state index contributed by atoms with van der Waals surface area (Å²) in [6.45, 7) is 10.9. The summed E-state index contributed by atoms with van der Waals surface area (Å²) >= 11 is 1.73. The molecule has 1 atom stereocenters. The summed E-state index contributed by atoms with van der Waals surface area (Å²) in [4.78, 5) is 6.85. The largest absolute Gasteiger partial charge is 0.316 e. The number of nitrogens with one attached hydrogen (secondary N) is 1. The van der Waals surface area contributed by atoms with E-state index in [1.54, 1.807) is 11.3 Å². The van der Waals surface area contributed by atoms with Crippen molar-refractivity contribution >= 4 is 11.3 Å². The monoisotopic (exact) mass is 255 g/mol. The molecule has 0 aliphatic carbocycles. The normalized spacial score (nSPS) is 13.2. The minimum Gasteiger partial charge on any atom is -0.316 e. The van der Waals surface area contributed by atoms with Crippen LogP contribution >= 0.6 is 11.3 Å². The van der Waals surface area contributed by atoms with E-state index in [9.17, 15) is 0 Å². The van der Waals surface area contributed by atoms with Gasteiger partial charge in [-0.25, -0.2) is 4.98 Å². The van der Waals surface area contributed by atoms with Gasteiger partial charge in [0.1, 0.15) is 0 Å². The Morgan fingerprint density at radius 2 is 2.29 bits per heavy atom. The van der Waals surface area contributed by atoms with Crippen molar-refractivity contribution in [1.82, 2.24) is 15.2 Å². The van der Waals surface area contributed by atoms with Gasteiger partial charge in [0.2, 0.25) is 0 Å². The Balaban J connectivity index is 2.21. The molecular formula is C13H25N3S. The van der Waals surface area contributed by atoms with Gasteiger partial charge >= 0.3 is 0 Å². The molecule has 0 aromatic carbocycles. The maximum absolute atomic E-state index is 4.49. The molecule has 1 aromatic rings. The van der Waals surface area contributed by atoms with Gasteiger partial charge in [0.05, 0.1) is 10.7 Å². The Labute approximate surface area is 109 Å².